The van der Waals surface area contributed by atoms with Crippen LogP contribution >= 0.6 is 0 Å². The molecule has 0 unspecified atom stereocenters. The van der Waals surface area contributed by atoms with E-state index in [9.17, 15) is 0 Å². The minimum Gasteiger partial charge on any atom is -0.234 e. The average molecular weight is 440 g/mol. The Labute approximate surface area is 199 Å². The van der Waals surface area contributed by atoms with Gasteiger partial charge in [0.25, 0.3) is 5.82 Å². The molecule has 0 radical (unpaired) electrons. The molecule has 0 atom stereocenters. The van der Waals surface area contributed by atoms with Crippen LogP contribution in [-0.4, -0.2) is 4.57 Å². The zero-order valence-electron chi connectivity index (χ0n) is 21.4. The topological polar surface area (TPSA) is 8.81 Å². The Morgan fingerprint density at radius 1 is 0.625 bits per heavy atom. The molecule has 1 aromatic carbocycles. The first kappa shape index (κ1) is 26.7. The fourth-order valence-corrected chi connectivity index (χ4v) is 4.83. The molecule has 0 aliphatic heterocycles. The maximum absolute atomic E-state index is 2.53. The monoisotopic (exact) mass is 439 g/mol. The third-order valence-corrected chi connectivity index (χ3v) is 6.77. The van der Waals surface area contributed by atoms with E-state index in [1.807, 2.05) is 0 Å². The van der Waals surface area contributed by atoms with E-state index in [4.69, 9.17) is 0 Å². The van der Waals surface area contributed by atoms with Gasteiger partial charge >= 0.3 is 0 Å². The lowest BCUT2D eigenvalue weighted by atomic mass is 10.0. The lowest BCUT2D eigenvalue weighted by molar-refractivity contribution is -0.703. The molecule has 2 aromatic rings. The molecule has 0 N–H and O–H groups in total. The molecule has 0 bridgehead atoms. The van der Waals surface area contributed by atoms with Crippen molar-refractivity contribution < 1.29 is 4.57 Å². The molecule has 0 aliphatic carbocycles. The van der Waals surface area contributed by atoms with Crippen LogP contribution in [0.1, 0.15) is 122 Å². The Balaban J connectivity index is 1.58. The maximum Gasteiger partial charge on any atom is 0.256 e. The Hall–Kier alpha value is -1.57. The smallest absolute Gasteiger partial charge is 0.234 e. The Bertz CT molecular complexity index is 673. The van der Waals surface area contributed by atoms with E-state index in [-0.39, 0.29) is 0 Å². The van der Waals surface area contributed by atoms with Crippen LogP contribution in [0.4, 0.5) is 0 Å². The number of aryl methyl sites for hydroxylation is 3. The predicted octanol–water partition coefficient (Wildman–Crippen LogP) is 8.45. The summed E-state index contributed by atoms with van der Waals surface area (Å²) in [7, 11) is 0. The number of hydrogen-bond donors (Lipinski definition) is 0. The van der Waals surface area contributed by atoms with Crippen LogP contribution < -0.4 is 4.57 Å². The third kappa shape index (κ3) is 11.3. The second kappa shape index (κ2) is 17.9. The van der Waals surface area contributed by atoms with Gasteiger partial charge in [0.1, 0.15) is 12.4 Å². The van der Waals surface area contributed by atoms with Gasteiger partial charge in [-0.05, 0) is 31.2 Å². The molecule has 32 heavy (non-hydrogen) atoms. The Morgan fingerprint density at radius 2 is 1.22 bits per heavy atom. The van der Waals surface area contributed by atoms with Crippen molar-refractivity contribution in [2.45, 2.75) is 136 Å². The van der Waals surface area contributed by atoms with Crippen molar-refractivity contribution in [3.8, 4) is 0 Å². The lowest BCUT2D eigenvalue weighted by Gasteiger charge is -2.06. The Morgan fingerprint density at radius 3 is 1.81 bits per heavy atom. The van der Waals surface area contributed by atoms with Gasteiger partial charge in [-0.15, -0.1) is 0 Å². The fourth-order valence-electron chi connectivity index (χ4n) is 4.83. The van der Waals surface area contributed by atoms with Crippen molar-refractivity contribution in [2.75, 3.05) is 0 Å². The molecule has 0 saturated heterocycles. The van der Waals surface area contributed by atoms with E-state index in [0.29, 0.717) is 0 Å². The van der Waals surface area contributed by atoms with E-state index in [1.165, 1.54) is 115 Å². The predicted molar refractivity (Wildman–Crippen MR) is 139 cm³/mol. The van der Waals surface area contributed by atoms with Gasteiger partial charge in [-0.3, -0.25) is 0 Å². The molecule has 0 spiro atoms. The van der Waals surface area contributed by atoms with Crippen molar-refractivity contribution in [1.82, 2.24) is 4.57 Å². The second-order valence-corrected chi connectivity index (χ2v) is 9.68. The largest absolute Gasteiger partial charge is 0.256 e. The summed E-state index contributed by atoms with van der Waals surface area (Å²) in [4.78, 5) is 0. The lowest BCUT2D eigenvalue weighted by Crippen LogP contribution is -2.37. The minimum atomic E-state index is 1.14. The van der Waals surface area contributed by atoms with Crippen molar-refractivity contribution in [3.63, 3.8) is 0 Å². The first-order chi connectivity index (χ1) is 15.8. The third-order valence-electron chi connectivity index (χ3n) is 6.77. The quantitative estimate of drug-likeness (QED) is 0.144. The highest BCUT2D eigenvalue weighted by Gasteiger charge is 2.16. The van der Waals surface area contributed by atoms with Crippen molar-refractivity contribution in [3.05, 3.63) is 54.1 Å². The average Bonchev–Trinajstić information content (AvgIpc) is 3.19. The fraction of sp³-hybridized carbons (Fsp3) is 0.700. The number of aromatic nitrogens is 2. The zero-order valence-corrected chi connectivity index (χ0v) is 21.4. The van der Waals surface area contributed by atoms with Crippen LogP contribution in [-0.2, 0) is 25.9 Å². The van der Waals surface area contributed by atoms with Crippen LogP contribution in [0.3, 0.4) is 0 Å². The Kier molecular flexibility index (Phi) is 14.9. The zero-order chi connectivity index (χ0) is 22.7. The molecular weight excluding hydrogens is 388 g/mol. The summed E-state index contributed by atoms with van der Waals surface area (Å²) >= 11 is 0. The maximum atomic E-state index is 2.53. The highest BCUT2D eigenvalue weighted by molar-refractivity contribution is 5.14. The number of unbranched alkanes of at least 4 members (excludes halogenated alkanes) is 12. The van der Waals surface area contributed by atoms with Crippen LogP contribution in [0, 0.1) is 0 Å². The highest BCUT2D eigenvalue weighted by atomic mass is 15.1. The molecule has 0 aliphatic rings. The van der Waals surface area contributed by atoms with Gasteiger partial charge in [0, 0.05) is 6.42 Å². The van der Waals surface area contributed by atoms with Crippen LogP contribution in [0.25, 0.3) is 0 Å². The van der Waals surface area contributed by atoms with Gasteiger partial charge < -0.3 is 0 Å². The summed E-state index contributed by atoms with van der Waals surface area (Å²) in [5, 5.41) is 0. The van der Waals surface area contributed by atoms with E-state index in [0.717, 1.165) is 13.1 Å². The van der Waals surface area contributed by atoms with Gasteiger partial charge in [0.15, 0.2) is 0 Å². The summed E-state index contributed by atoms with van der Waals surface area (Å²) in [5.41, 5.74) is 1.46. The van der Waals surface area contributed by atoms with Crippen LogP contribution in [0.2, 0.25) is 0 Å². The van der Waals surface area contributed by atoms with Crippen molar-refractivity contribution >= 4 is 0 Å². The molecule has 2 nitrogen and oxygen atoms in total. The highest BCUT2D eigenvalue weighted by Crippen LogP contribution is 2.14. The van der Waals surface area contributed by atoms with Gasteiger partial charge in [-0.2, -0.15) is 0 Å². The molecule has 0 saturated carbocycles. The standard InChI is InChI=1S/C30H51N2/c1-3-5-6-7-8-9-10-11-12-13-14-15-19-24-30-31(25-4-2)27-28-32(30)26-20-23-29-21-17-16-18-22-29/h16-18,21-22,27-28H,3-15,19-20,23-26H2,1-2H3/q+1. The number of benzene rings is 1. The molecule has 180 valence electrons. The first-order valence-corrected chi connectivity index (χ1v) is 14.0. The molecule has 0 fully saturated rings. The first-order valence-electron chi connectivity index (χ1n) is 14.0. The number of hydrogen-bond acceptors (Lipinski definition) is 0. The number of nitrogens with zero attached hydrogens (tertiary/aromatic N) is 2. The number of rotatable bonds is 20. The summed E-state index contributed by atoms with van der Waals surface area (Å²) in [6, 6.07) is 10.9. The van der Waals surface area contributed by atoms with E-state index in [1.54, 1.807) is 5.82 Å². The van der Waals surface area contributed by atoms with Crippen LogP contribution in [0.5, 0.6) is 0 Å². The second-order valence-electron chi connectivity index (χ2n) is 9.68. The van der Waals surface area contributed by atoms with Crippen molar-refractivity contribution in [2.24, 2.45) is 0 Å². The SMILES string of the molecule is CCCCCCCCCCCCCCCc1n(CCCc2ccccc2)cc[n+]1CCC. The summed E-state index contributed by atoms with van der Waals surface area (Å²) in [5.74, 6) is 1.54. The van der Waals surface area contributed by atoms with E-state index in [2.05, 4.69) is 65.7 Å². The van der Waals surface area contributed by atoms with Gasteiger partial charge in [-0.25, -0.2) is 9.13 Å². The van der Waals surface area contributed by atoms with Gasteiger partial charge in [-0.1, -0.05) is 121 Å². The normalized spacial score (nSPS) is 11.3. The van der Waals surface area contributed by atoms with Crippen molar-refractivity contribution in [1.29, 1.82) is 0 Å². The number of imidazole rings is 1. The summed E-state index contributed by atoms with van der Waals surface area (Å²) in [6.45, 7) is 6.88. The van der Waals surface area contributed by atoms with Crippen LogP contribution in [0.15, 0.2) is 42.7 Å². The summed E-state index contributed by atoms with van der Waals surface area (Å²) < 4.78 is 5.03. The minimum absolute atomic E-state index is 1.14. The van der Waals surface area contributed by atoms with E-state index >= 15 is 0 Å². The van der Waals surface area contributed by atoms with Gasteiger partial charge in [0.2, 0.25) is 0 Å². The summed E-state index contributed by atoms with van der Waals surface area (Å²) in [6.07, 6.45) is 28.0. The van der Waals surface area contributed by atoms with E-state index < -0.39 is 0 Å². The van der Waals surface area contributed by atoms with Gasteiger partial charge in [0.05, 0.1) is 13.1 Å². The molecular formula is C30H51N2+. The molecule has 0 amide bonds. The molecule has 2 rings (SSSR count). The molecule has 1 aromatic heterocycles. The molecule has 1 heterocycles. The molecule has 2 heteroatoms.